The number of hydrogen-bond acceptors (Lipinski definition) is 4. The van der Waals surface area contributed by atoms with E-state index in [0.29, 0.717) is 5.92 Å². The minimum Gasteiger partial charge on any atom is -0.662 e. The van der Waals surface area contributed by atoms with E-state index in [1.165, 1.54) is 70.5 Å². The Morgan fingerprint density at radius 3 is 1.27 bits per heavy atom. The van der Waals surface area contributed by atoms with Crippen molar-refractivity contribution in [2.75, 3.05) is 86.6 Å². The first kappa shape index (κ1) is 55.5. The second-order valence-corrected chi connectivity index (χ2v) is 16.1. The fourth-order valence-electron chi connectivity index (χ4n) is 6.23. The summed E-state index contributed by atoms with van der Waals surface area (Å²) in [6.45, 7) is 38.6. The van der Waals surface area contributed by atoms with Crippen LogP contribution >= 0.6 is 0 Å². The maximum absolute atomic E-state index is 4.31. The second kappa shape index (κ2) is 33.5. The predicted octanol–water partition coefficient (Wildman–Crippen LogP) is 11.3. The zero-order chi connectivity index (χ0) is 38.1. The minimum atomic E-state index is 0. The molecule has 0 unspecified atom stereocenters. The molecule has 0 atom stereocenters. The van der Waals surface area contributed by atoms with E-state index >= 15 is 0 Å². The van der Waals surface area contributed by atoms with Crippen LogP contribution in [0.3, 0.4) is 0 Å². The number of likely N-dealkylation sites (N-methyl/N-ethyl adjacent to an activating group) is 3. The monoisotopic (exact) mass is 897 g/mol. The number of nitrogens with zero attached hydrogens (tertiary/aromatic N) is 5. The zero-order valence-electron chi connectivity index (χ0n) is 36.5. The maximum Gasteiger partial charge on any atom is 0.0163 e. The van der Waals surface area contributed by atoms with Crippen molar-refractivity contribution in [1.82, 2.24) is 19.6 Å². The van der Waals surface area contributed by atoms with Gasteiger partial charge < -0.3 is 20.0 Å². The van der Waals surface area contributed by atoms with Crippen LogP contribution in [0.15, 0.2) is 53.6 Å². The van der Waals surface area contributed by atoms with Crippen LogP contribution in [-0.4, -0.2) is 112 Å². The van der Waals surface area contributed by atoms with Gasteiger partial charge in [0.05, 0.1) is 0 Å². The third-order valence-corrected chi connectivity index (χ3v) is 10.4. The first-order valence-corrected chi connectivity index (χ1v) is 20.6. The summed E-state index contributed by atoms with van der Waals surface area (Å²) in [6.07, 6.45) is 9.94. The Balaban J connectivity index is -0.000000565. The van der Waals surface area contributed by atoms with Gasteiger partial charge >= 0.3 is 0 Å². The van der Waals surface area contributed by atoms with Crippen molar-refractivity contribution >= 4 is 0 Å². The van der Waals surface area contributed by atoms with Gasteiger partial charge in [-0.25, -0.2) is 0 Å². The first-order chi connectivity index (χ1) is 23.7. The van der Waals surface area contributed by atoms with Gasteiger partial charge in [0.2, 0.25) is 0 Å². The second-order valence-electron chi connectivity index (χ2n) is 16.1. The van der Waals surface area contributed by atoms with E-state index in [0.717, 1.165) is 55.9 Å². The van der Waals surface area contributed by atoms with Gasteiger partial charge in [-0.1, -0.05) is 143 Å². The van der Waals surface area contributed by atoms with Crippen LogP contribution in [0, 0.1) is 23.7 Å². The molecule has 5 nitrogen and oxygen atoms in total. The Morgan fingerprint density at radius 2 is 1.00 bits per heavy atom. The van der Waals surface area contributed by atoms with Gasteiger partial charge in [-0.05, 0) is 83.0 Å². The largest absolute Gasteiger partial charge is 0.662 e. The molecule has 6 heteroatoms. The van der Waals surface area contributed by atoms with E-state index in [9.17, 15) is 0 Å². The van der Waals surface area contributed by atoms with Gasteiger partial charge in [0.25, 0.3) is 0 Å². The molecule has 52 heavy (non-hydrogen) atoms. The summed E-state index contributed by atoms with van der Waals surface area (Å²) in [4.78, 5) is 9.62. The van der Waals surface area contributed by atoms with Crippen molar-refractivity contribution in [3.63, 3.8) is 0 Å². The van der Waals surface area contributed by atoms with Gasteiger partial charge in [-0.15, -0.1) is 13.1 Å². The van der Waals surface area contributed by atoms with Gasteiger partial charge in [-0.2, -0.15) is 0 Å². The normalized spacial score (nSPS) is 18.7. The van der Waals surface area contributed by atoms with E-state index in [1.807, 2.05) is 19.9 Å². The fourth-order valence-corrected chi connectivity index (χ4v) is 6.23. The van der Waals surface area contributed by atoms with E-state index in [2.05, 4.69) is 152 Å². The summed E-state index contributed by atoms with van der Waals surface area (Å²) in [5, 5.41) is 4.31. The van der Waals surface area contributed by atoms with Crippen molar-refractivity contribution in [2.45, 2.75) is 128 Å². The summed E-state index contributed by atoms with van der Waals surface area (Å²) in [5.41, 5.74) is 4.69. The molecule has 4 aliphatic rings. The van der Waals surface area contributed by atoms with Crippen molar-refractivity contribution < 1.29 is 21.1 Å². The standard InChI is InChI=1S/2C9H17N.C9H12.C8H18N2.C8H16N.C2H6.CH4.W/c2*1-8(2)9-4-6-10(3)7-5-9;1-8(2)9-6-4-3-5-7-9;1-8(2)10-6-4-9(3)5-7-10;1-7(2)8-3-5-9-6-4-8;1-2;;/h2*4,8H,5-7H2,1-3H3;3-8H,1-2H3;8H,4-7H2,1-3H3;7-8H,3-6H2,1-2H3;1-2H3;1H4;/q;;;;-1;;;. The van der Waals surface area contributed by atoms with Crippen LogP contribution in [0.2, 0.25) is 0 Å². The molecule has 0 bridgehead atoms. The molecular formula is C46H90N5W-. The van der Waals surface area contributed by atoms with Crippen LogP contribution in [0.5, 0.6) is 0 Å². The molecule has 4 aliphatic heterocycles. The fraction of sp³-hybridized carbons (Fsp3) is 0.783. The molecule has 4 heterocycles. The number of piperidine rings is 1. The van der Waals surface area contributed by atoms with Crippen LogP contribution in [0.1, 0.15) is 128 Å². The van der Waals surface area contributed by atoms with Gasteiger partial charge in [-0.3, -0.25) is 4.90 Å². The van der Waals surface area contributed by atoms with E-state index < -0.39 is 0 Å². The average Bonchev–Trinajstić information content (AvgIpc) is 3.11. The third-order valence-electron chi connectivity index (χ3n) is 10.4. The van der Waals surface area contributed by atoms with E-state index in [4.69, 9.17) is 0 Å². The first-order valence-electron chi connectivity index (χ1n) is 20.6. The topological polar surface area (TPSA) is 27.1 Å². The smallest absolute Gasteiger partial charge is 0.0163 e. The van der Waals surface area contributed by atoms with Crippen molar-refractivity contribution in [2.24, 2.45) is 23.7 Å². The number of hydrogen-bond donors (Lipinski definition) is 0. The molecule has 0 aromatic heterocycles. The van der Waals surface area contributed by atoms with Gasteiger partial charge in [0.15, 0.2) is 0 Å². The number of benzene rings is 1. The molecule has 306 valence electrons. The molecule has 0 aliphatic carbocycles. The summed E-state index contributed by atoms with van der Waals surface area (Å²) < 4.78 is 0. The molecule has 2 fully saturated rings. The van der Waals surface area contributed by atoms with Gasteiger partial charge in [0, 0.05) is 79.5 Å². The Kier molecular flexibility index (Phi) is 35.8. The van der Waals surface area contributed by atoms with E-state index in [-0.39, 0.29) is 28.5 Å². The summed E-state index contributed by atoms with van der Waals surface area (Å²) in [6, 6.07) is 11.2. The molecule has 0 N–H and O–H groups in total. The molecule has 2 saturated heterocycles. The van der Waals surface area contributed by atoms with Crippen LogP contribution in [-0.2, 0) is 21.1 Å². The number of piperazine rings is 1. The molecule has 1 aromatic carbocycles. The summed E-state index contributed by atoms with van der Waals surface area (Å²) in [7, 11) is 6.54. The quantitative estimate of drug-likeness (QED) is 0.275. The Hall–Kier alpha value is -0.812. The molecule has 0 saturated carbocycles. The Labute approximate surface area is 342 Å². The SMILES string of the molecule is C.CC.CC(C)C1=CCN(C)CC1.CC(C)C1=CCN(C)CC1.CC(C)C1CC[N-]CC1.CC(C)N1CCN(C)CC1.CC(C)c1ccccc1.[W]. The molecule has 0 amide bonds. The average molecular weight is 897 g/mol. The van der Waals surface area contributed by atoms with Crippen molar-refractivity contribution in [1.29, 1.82) is 0 Å². The van der Waals surface area contributed by atoms with Crippen LogP contribution < -0.4 is 0 Å². The van der Waals surface area contributed by atoms with Crippen molar-refractivity contribution in [3.8, 4) is 0 Å². The Morgan fingerprint density at radius 1 is 0.577 bits per heavy atom. The maximum atomic E-state index is 4.31. The molecule has 1 aromatic rings. The summed E-state index contributed by atoms with van der Waals surface area (Å²) in [5.74, 6) is 4.01. The molecule has 0 spiro atoms. The molecule has 0 radical (unpaired) electrons. The van der Waals surface area contributed by atoms with Crippen LogP contribution in [0.4, 0.5) is 0 Å². The number of rotatable bonds is 5. The van der Waals surface area contributed by atoms with Crippen molar-refractivity contribution in [3.05, 3.63) is 64.5 Å². The summed E-state index contributed by atoms with van der Waals surface area (Å²) >= 11 is 0. The van der Waals surface area contributed by atoms with E-state index in [1.54, 1.807) is 11.1 Å². The molecular weight excluding hydrogens is 806 g/mol. The molecule has 5 rings (SSSR count). The Bertz CT molecular complexity index is 940. The minimum absolute atomic E-state index is 0. The third kappa shape index (κ3) is 26.9. The zero-order valence-corrected chi connectivity index (χ0v) is 39.5. The van der Waals surface area contributed by atoms with Crippen LogP contribution in [0.25, 0.3) is 5.32 Å². The predicted molar refractivity (Wildman–Crippen MR) is 234 cm³/mol. The van der Waals surface area contributed by atoms with Gasteiger partial charge in [0.1, 0.15) is 0 Å².